The Balaban J connectivity index is 1.44. The number of nitriles is 1. The normalized spacial score (nSPS) is 16.1. The first-order valence-corrected chi connectivity index (χ1v) is 12.8. The Morgan fingerprint density at radius 3 is 2.81 bits per heavy atom. The fraction of sp³-hybridized carbons (Fsp3) is 0.346. The minimum atomic E-state index is -0.575. The van der Waals surface area contributed by atoms with E-state index in [0.29, 0.717) is 34.0 Å². The molecule has 190 valence electrons. The van der Waals surface area contributed by atoms with E-state index >= 15 is 0 Å². The van der Waals surface area contributed by atoms with Crippen molar-refractivity contribution >= 4 is 23.4 Å². The lowest BCUT2D eigenvalue weighted by Crippen LogP contribution is -2.43. The zero-order chi connectivity index (χ0) is 26.2. The summed E-state index contributed by atoms with van der Waals surface area (Å²) in [7, 11) is 0. The quantitative estimate of drug-likeness (QED) is 0.336. The van der Waals surface area contributed by atoms with Gasteiger partial charge in [-0.2, -0.15) is 19.8 Å². The molecule has 0 unspecified atom stereocenters. The highest BCUT2D eigenvalue weighted by Crippen LogP contribution is 2.36. The van der Waals surface area contributed by atoms with E-state index in [1.807, 2.05) is 43.9 Å². The summed E-state index contributed by atoms with van der Waals surface area (Å²) in [5, 5.41) is 18.5. The molecule has 1 amide bonds. The molecule has 4 aromatic heterocycles. The van der Waals surface area contributed by atoms with E-state index in [4.69, 9.17) is 4.74 Å². The van der Waals surface area contributed by atoms with Gasteiger partial charge < -0.3 is 9.64 Å². The first-order valence-electron chi connectivity index (χ1n) is 11.9. The maximum atomic E-state index is 14.3. The Labute approximate surface area is 217 Å². The van der Waals surface area contributed by atoms with Gasteiger partial charge in [0.05, 0.1) is 34.4 Å². The number of fused-ring (bicyclic) bond motifs is 1. The molecular formula is C26H26FN7O2S. The maximum absolute atomic E-state index is 14.3. The standard InChI is InChI=1S/C26H26FN7O2S/c1-26(2,3)36-25(35)32-9-5-6-20(16-32)33-15-19(13-30-33)17-10-22(37-21-7-4-8-29-24(21)27)23-18(11-28)12-31-34(23)14-17/h4,7-8,10,12-15,20H,5-6,9,16H2,1-3H3/t20-/m0/s1. The number of hydrogen-bond acceptors (Lipinski definition) is 7. The van der Waals surface area contributed by atoms with Gasteiger partial charge in [0.1, 0.15) is 11.7 Å². The molecule has 9 nitrogen and oxygen atoms in total. The van der Waals surface area contributed by atoms with Crippen molar-refractivity contribution in [1.29, 1.82) is 5.26 Å². The number of rotatable bonds is 4. The molecule has 0 N–H and O–H groups in total. The summed E-state index contributed by atoms with van der Waals surface area (Å²) in [4.78, 5) is 19.1. The summed E-state index contributed by atoms with van der Waals surface area (Å²) in [5.74, 6) is -0.575. The zero-order valence-electron chi connectivity index (χ0n) is 20.8. The average molecular weight is 520 g/mol. The lowest BCUT2D eigenvalue weighted by atomic mass is 10.1. The number of halogens is 1. The van der Waals surface area contributed by atoms with Crippen LogP contribution in [0.2, 0.25) is 0 Å². The van der Waals surface area contributed by atoms with Crippen LogP contribution in [0.4, 0.5) is 9.18 Å². The molecule has 0 bridgehead atoms. The molecule has 0 aromatic carbocycles. The third kappa shape index (κ3) is 5.29. The molecule has 5 rings (SSSR count). The highest BCUT2D eigenvalue weighted by atomic mass is 32.2. The summed E-state index contributed by atoms with van der Waals surface area (Å²) in [6.45, 7) is 6.75. The van der Waals surface area contributed by atoms with Gasteiger partial charge in [-0.3, -0.25) is 4.68 Å². The SMILES string of the molecule is CC(C)(C)OC(=O)N1CCC[C@H](n2cc(-c3cc(Sc4cccnc4F)c4c(C#N)cnn4c3)cn2)C1. The van der Waals surface area contributed by atoms with Gasteiger partial charge in [0, 0.05) is 47.7 Å². The average Bonchev–Trinajstić information content (AvgIpc) is 3.52. The molecule has 1 aliphatic heterocycles. The van der Waals surface area contributed by atoms with Gasteiger partial charge in [-0.1, -0.05) is 11.8 Å². The first kappa shape index (κ1) is 24.8. The second-order valence-electron chi connectivity index (χ2n) is 9.88. The predicted octanol–water partition coefficient (Wildman–Crippen LogP) is 5.33. The van der Waals surface area contributed by atoms with Gasteiger partial charge in [0.25, 0.3) is 0 Å². The van der Waals surface area contributed by atoms with E-state index in [1.165, 1.54) is 24.2 Å². The smallest absolute Gasteiger partial charge is 0.410 e. The second kappa shape index (κ2) is 9.86. The van der Waals surface area contributed by atoms with E-state index in [-0.39, 0.29) is 12.1 Å². The fourth-order valence-electron chi connectivity index (χ4n) is 4.32. The monoisotopic (exact) mass is 519 g/mol. The topological polar surface area (TPSA) is 101 Å². The van der Waals surface area contributed by atoms with Crippen molar-refractivity contribution in [3.05, 3.63) is 60.7 Å². The van der Waals surface area contributed by atoms with Crippen LogP contribution < -0.4 is 0 Å². The van der Waals surface area contributed by atoms with Crippen LogP contribution in [-0.4, -0.2) is 54.1 Å². The fourth-order valence-corrected chi connectivity index (χ4v) is 5.32. The Morgan fingerprint density at radius 1 is 1.22 bits per heavy atom. The number of carbonyl (C=O) groups excluding carboxylic acids is 1. The molecule has 37 heavy (non-hydrogen) atoms. The van der Waals surface area contributed by atoms with Gasteiger partial charge in [-0.15, -0.1) is 0 Å². The largest absolute Gasteiger partial charge is 0.444 e. The summed E-state index contributed by atoms with van der Waals surface area (Å²) in [6, 6.07) is 7.41. The van der Waals surface area contributed by atoms with Crippen molar-refractivity contribution in [3.8, 4) is 17.2 Å². The van der Waals surface area contributed by atoms with Crippen LogP contribution in [0.3, 0.4) is 0 Å². The number of piperidine rings is 1. The number of amides is 1. The van der Waals surface area contributed by atoms with E-state index < -0.39 is 11.5 Å². The predicted molar refractivity (Wildman–Crippen MR) is 136 cm³/mol. The van der Waals surface area contributed by atoms with Crippen LogP contribution in [0.1, 0.15) is 45.2 Å². The van der Waals surface area contributed by atoms with Crippen LogP contribution in [0.15, 0.2) is 59.0 Å². The number of likely N-dealkylation sites (tertiary alicyclic amines) is 1. The molecule has 5 heterocycles. The number of hydrogen-bond donors (Lipinski definition) is 0. The Morgan fingerprint density at radius 2 is 2.05 bits per heavy atom. The molecule has 1 saturated heterocycles. The van der Waals surface area contributed by atoms with Crippen molar-refractivity contribution in [2.45, 2.75) is 55.0 Å². The Kier molecular flexibility index (Phi) is 6.60. The zero-order valence-corrected chi connectivity index (χ0v) is 21.6. The van der Waals surface area contributed by atoms with Crippen molar-refractivity contribution in [2.75, 3.05) is 13.1 Å². The van der Waals surface area contributed by atoms with Crippen LogP contribution in [-0.2, 0) is 4.74 Å². The van der Waals surface area contributed by atoms with E-state index in [9.17, 15) is 14.4 Å². The minimum Gasteiger partial charge on any atom is -0.444 e. The Bertz CT molecular complexity index is 1500. The van der Waals surface area contributed by atoms with Crippen LogP contribution in [0.25, 0.3) is 16.6 Å². The molecule has 1 atom stereocenters. The lowest BCUT2D eigenvalue weighted by Gasteiger charge is -2.34. The molecule has 0 spiro atoms. The molecule has 1 aliphatic rings. The van der Waals surface area contributed by atoms with Gasteiger partial charge in [-0.05, 0) is 51.8 Å². The summed E-state index contributed by atoms with van der Waals surface area (Å²) in [6.07, 6.45) is 9.87. The molecular weight excluding hydrogens is 493 g/mol. The molecule has 0 radical (unpaired) electrons. The van der Waals surface area contributed by atoms with Gasteiger partial charge in [-0.25, -0.2) is 14.3 Å². The minimum absolute atomic E-state index is 0.0204. The number of aromatic nitrogens is 5. The number of ether oxygens (including phenoxy) is 1. The first-order chi connectivity index (χ1) is 17.7. The number of pyridine rings is 2. The van der Waals surface area contributed by atoms with Crippen molar-refractivity contribution in [1.82, 2.24) is 29.3 Å². The maximum Gasteiger partial charge on any atom is 0.410 e. The number of nitrogens with zero attached hydrogens (tertiary/aromatic N) is 7. The van der Waals surface area contributed by atoms with Crippen LogP contribution in [0, 0.1) is 17.3 Å². The van der Waals surface area contributed by atoms with Gasteiger partial charge in [0.15, 0.2) is 0 Å². The third-order valence-corrected chi connectivity index (χ3v) is 7.05. The molecule has 0 aliphatic carbocycles. The molecule has 11 heteroatoms. The van der Waals surface area contributed by atoms with E-state index in [0.717, 1.165) is 24.0 Å². The summed E-state index contributed by atoms with van der Waals surface area (Å²) >= 11 is 1.19. The summed E-state index contributed by atoms with van der Waals surface area (Å²) in [5.41, 5.74) is 2.12. The highest BCUT2D eigenvalue weighted by Gasteiger charge is 2.29. The molecule has 0 saturated carbocycles. The Hall–Kier alpha value is -3.91. The number of carbonyl (C=O) groups is 1. The highest BCUT2D eigenvalue weighted by molar-refractivity contribution is 7.99. The lowest BCUT2D eigenvalue weighted by molar-refractivity contribution is 0.0167. The van der Waals surface area contributed by atoms with E-state index in [2.05, 4.69) is 21.3 Å². The van der Waals surface area contributed by atoms with Crippen molar-refractivity contribution in [2.24, 2.45) is 0 Å². The third-order valence-electron chi connectivity index (χ3n) is 6.00. The molecule has 4 aromatic rings. The second-order valence-corrected chi connectivity index (χ2v) is 11.0. The summed E-state index contributed by atoms with van der Waals surface area (Å²) < 4.78 is 23.4. The van der Waals surface area contributed by atoms with E-state index in [1.54, 1.807) is 27.7 Å². The molecule has 1 fully saturated rings. The van der Waals surface area contributed by atoms with Crippen molar-refractivity contribution in [3.63, 3.8) is 0 Å². The van der Waals surface area contributed by atoms with Crippen molar-refractivity contribution < 1.29 is 13.9 Å². The van der Waals surface area contributed by atoms with Gasteiger partial charge in [0.2, 0.25) is 5.95 Å². The van der Waals surface area contributed by atoms with Crippen LogP contribution in [0.5, 0.6) is 0 Å². The van der Waals surface area contributed by atoms with Crippen LogP contribution >= 0.6 is 11.8 Å². The van der Waals surface area contributed by atoms with Gasteiger partial charge >= 0.3 is 6.09 Å².